The first-order valence-corrected chi connectivity index (χ1v) is 6.31. The first-order valence-electron chi connectivity index (χ1n) is 5.94. The molecule has 7 nitrogen and oxygen atoms in total. The summed E-state index contributed by atoms with van der Waals surface area (Å²) in [6, 6.07) is 3.60. The number of aliphatic hydroxyl groups is 1. The van der Waals surface area contributed by atoms with E-state index >= 15 is 0 Å². The minimum atomic E-state index is -1.07. The van der Waals surface area contributed by atoms with Gasteiger partial charge in [-0.1, -0.05) is 11.6 Å². The Kier molecular flexibility index (Phi) is 4.22. The molecule has 1 aliphatic heterocycles. The number of rotatable bonds is 4. The molecule has 2 N–H and O–H groups in total. The molecule has 1 aromatic rings. The predicted molar refractivity (Wildman–Crippen MR) is 70.8 cm³/mol. The van der Waals surface area contributed by atoms with Crippen molar-refractivity contribution in [2.45, 2.75) is 12.0 Å². The maximum absolute atomic E-state index is 11.9. The number of nitrogens with zero attached hydrogens (tertiary/aromatic N) is 1. The van der Waals surface area contributed by atoms with Gasteiger partial charge in [-0.3, -0.25) is 14.9 Å². The zero-order valence-electron chi connectivity index (χ0n) is 10.5. The van der Waals surface area contributed by atoms with E-state index in [0.717, 1.165) is 6.07 Å². The number of nitrogens with one attached hydrogen (secondary N) is 1. The first kappa shape index (κ1) is 14.7. The summed E-state index contributed by atoms with van der Waals surface area (Å²) in [5.74, 6) is -0.495. The van der Waals surface area contributed by atoms with Crippen molar-refractivity contribution in [1.29, 1.82) is 0 Å². The number of carbonyl (C=O) groups excluding carboxylic acids is 1. The normalized spacial score (nSPS) is 21.7. The van der Waals surface area contributed by atoms with Crippen molar-refractivity contribution in [3.05, 3.63) is 38.9 Å². The second-order valence-corrected chi connectivity index (χ2v) is 5.04. The molecule has 1 atom stereocenters. The molecule has 1 heterocycles. The molecule has 1 aliphatic rings. The maximum Gasteiger partial charge on any atom is 0.270 e. The lowest BCUT2D eigenvalue weighted by Gasteiger charge is -2.20. The summed E-state index contributed by atoms with van der Waals surface area (Å²) in [6.45, 7) is 0.658. The molecule has 0 saturated carbocycles. The number of nitro benzene ring substituents is 1. The molecule has 108 valence electrons. The fourth-order valence-electron chi connectivity index (χ4n) is 1.88. The summed E-state index contributed by atoms with van der Waals surface area (Å²) >= 11 is 5.85. The van der Waals surface area contributed by atoms with Gasteiger partial charge in [0.25, 0.3) is 11.6 Å². The molecule has 0 aliphatic carbocycles. The second kappa shape index (κ2) is 5.74. The molecule has 8 heteroatoms. The summed E-state index contributed by atoms with van der Waals surface area (Å²) in [5, 5.41) is 23.1. The van der Waals surface area contributed by atoms with Gasteiger partial charge < -0.3 is 15.2 Å². The summed E-state index contributed by atoms with van der Waals surface area (Å²) in [5.41, 5.74) is -1.13. The topological polar surface area (TPSA) is 102 Å². The van der Waals surface area contributed by atoms with E-state index in [4.69, 9.17) is 16.3 Å². The molecule has 0 bridgehead atoms. The van der Waals surface area contributed by atoms with Crippen LogP contribution in [0, 0.1) is 10.1 Å². The van der Waals surface area contributed by atoms with Gasteiger partial charge in [0.1, 0.15) is 5.60 Å². The predicted octanol–water partition coefficient (Wildman–Crippen LogP) is 1.13. The number of hydrogen-bond donors (Lipinski definition) is 2. The highest BCUT2D eigenvalue weighted by atomic mass is 35.5. The van der Waals surface area contributed by atoms with Crippen LogP contribution in [0.1, 0.15) is 16.8 Å². The zero-order chi connectivity index (χ0) is 14.8. The quantitative estimate of drug-likeness (QED) is 0.641. The largest absolute Gasteiger partial charge is 0.386 e. The van der Waals surface area contributed by atoms with E-state index in [1.54, 1.807) is 0 Å². The number of non-ortho nitro benzene ring substituents is 1. The molecule has 1 unspecified atom stereocenters. The van der Waals surface area contributed by atoms with Crippen LogP contribution < -0.4 is 5.32 Å². The lowest BCUT2D eigenvalue weighted by atomic mass is 10.0. The maximum atomic E-state index is 11.9. The highest BCUT2D eigenvalue weighted by molar-refractivity contribution is 6.34. The Morgan fingerprint density at radius 1 is 1.60 bits per heavy atom. The minimum absolute atomic E-state index is 0.00800. The van der Waals surface area contributed by atoms with Crippen LogP contribution in [-0.4, -0.2) is 41.3 Å². The lowest BCUT2D eigenvalue weighted by molar-refractivity contribution is -0.384. The Morgan fingerprint density at radius 2 is 2.35 bits per heavy atom. The van der Waals surface area contributed by atoms with Crippen LogP contribution in [0.25, 0.3) is 0 Å². The molecule has 1 amide bonds. The Morgan fingerprint density at radius 3 is 2.90 bits per heavy atom. The Bertz CT molecular complexity index is 543. The number of carbonyl (C=O) groups is 1. The number of nitro groups is 1. The third-order valence-corrected chi connectivity index (χ3v) is 3.38. The minimum Gasteiger partial charge on any atom is -0.386 e. The lowest BCUT2D eigenvalue weighted by Crippen LogP contribution is -2.43. The van der Waals surface area contributed by atoms with Crippen LogP contribution in [0.5, 0.6) is 0 Å². The van der Waals surface area contributed by atoms with Gasteiger partial charge in [-0.25, -0.2) is 0 Å². The number of amides is 1. The highest BCUT2D eigenvalue weighted by Gasteiger charge is 2.32. The van der Waals surface area contributed by atoms with Crippen molar-refractivity contribution in [3.8, 4) is 0 Å². The monoisotopic (exact) mass is 300 g/mol. The number of halogens is 1. The standard InChI is InChI=1S/C12H13ClN2O5/c13-10-5-8(15(18)19)1-2-9(10)11(16)14-6-12(17)3-4-20-7-12/h1-2,5,17H,3-4,6-7H2,(H,14,16). The molecule has 20 heavy (non-hydrogen) atoms. The first-order chi connectivity index (χ1) is 9.41. The number of benzene rings is 1. The fourth-order valence-corrected chi connectivity index (χ4v) is 2.14. The third-order valence-electron chi connectivity index (χ3n) is 3.07. The summed E-state index contributed by atoms with van der Waals surface area (Å²) in [4.78, 5) is 21.9. The van der Waals surface area contributed by atoms with Crippen LogP contribution in [0.2, 0.25) is 5.02 Å². The fraction of sp³-hybridized carbons (Fsp3) is 0.417. The van der Waals surface area contributed by atoms with Gasteiger partial charge in [-0.2, -0.15) is 0 Å². The van der Waals surface area contributed by atoms with Crippen molar-refractivity contribution in [2.24, 2.45) is 0 Å². The van der Waals surface area contributed by atoms with Crippen LogP contribution in [0.4, 0.5) is 5.69 Å². The van der Waals surface area contributed by atoms with Gasteiger partial charge in [-0.15, -0.1) is 0 Å². The summed E-state index contributed by atoms with van der Waals surface area (Å²) in [6.07, 6.45) is 0.446. The SMILES string of the molecule is O=C(NCC1(O)CCOC1)c1ccc([N+](=O)[O-])cc1Cl. The van der Waals surface area contributed by atoms with Crippen LogP contribution >= 0.6 is 11.6 Å². The van der Waals surface area contributed by atoms with Crippen LogP contribution in [0.3, 0.4) is 0 Å². The number of hydrogen-bond acceptors (Lipinski definition) is 5. The van der Waals surface area contributed by atoms with Gasteiger partial charge >= 0.3 is 0 Å². The average molecular weight is 301 g/mol. The molecular formula is C12H13ClN2O5. The van der Waals surface area contributed by atoms with E-state index in [1.165, 1.54) is 12.1 Å². The van der Waals surface area contributed by atoms with E-state index in [2.05, 4.69) is 5.32 Å². The number of ether oxygens (including phenoxy) is 1. The van der Waals surface area contributed by atoms with Crippen molar-refractivity contribution < 1.29 is 19.6 Å². The van der Waals surface area contributed by atoms with E-state index in [1.807, 2.05) is 0 Å². The van der Waals surface area contributed by atoms with Crippen molar-refractivity contribution in [2.75, 3.05) is 19.8 Å². The van der Waals surface area contributed by atoms with Crippen molar-refractivity contribution in [1.82, 2.24) is 5.32 Å². The third kappa shape index (κ3) is 3.24. The molecule has 0 aromatic heterocycles. The molecule has 2 rings (SSSR count). The Labute approximate surface area is 119 Å². The summed E-state index contributed by atoms with van der Waals surface area (Å²) in [7, 11) is 0. The molecule has 1 fully saturated rings. The van der Waals surface area contributed by atoms with Gasteiger partial charge in [0.15, 0.2) is 0 Å². The van der Waals surface area contributed by atoms with Crippen molar-refractivity contribution >= 4 is 23.2 Å². The Balaban J connectivity index is 2.04. The smallest absolute Gasteiger partial charge is 0.270 e. The van der Waals surface area contributed by atoms with Crippen LogP contribution in [0.15, 0.2) is 18.2 Å². The Hall–Kier alpha value is -1.70. The van der Waals surface area contributed by atoms with Gasteiger partial charge in [-0.05, 0) is 6.07 Å². The van der Waals surface area contributed by atoms with E-state index in [9.17, 15) is 20.0 Å². The summed E-state index contributed by atoms with van der Waals surface area (Å²) < 4.78 is 5.06. The van der Waals surface area contributed by atoms with Crippen LogP contribution in [-0.2, 0) is 4.74 Å². The molecule has 0 radical (unpaired) electrons. The molecule has 1 aromatic carbocycles. The zero-order valence-corrected chi connectivity index (χ0v) is 11.2. The highest BCUT2D eigenvalue weighted by Crippen LogP contribution is 2.23. The van der Waals surface area contributed by atoms with Gasteiger partial charge in [0.2, 0.25) is 0 Å². The van der Waals surface area contributed by atoms with Crippen molar-refractivity contribution in [3.63, 3.8) is 0 Å². The van der Waals surface area contributed by atoms with Gasteiger partial charge in [0, 0.05) is 31.7 Å². The molecular weight excluding hydrogens is 288 g/mol. The van der Waals surface area contributed by atoms with Gasteiger partial charge in [0.05, 0.1) is 22.1 Å². The molecule has 0 spiro atoms. The average Bonchev–Trinajstić information content (AvgIpc) is 2.83. The second-order valence-electron chi connectivity index (χ2n) is 4.63. The van der Waals surface area contributed by atoms with E-state index in [0.29, 0.717) is 13.0 Å². The van der Waals surface area contributed by atoms with E-state index < -0.39 is 16.4 Å². The van der Waals surface area contributed by atoms with E-state index in [-0.39, 0.29) is 29.4 Å². The molecule has 1 saturated heterocycles.